The Hall–Kier alpha value is -0.950. The highest BCUT2D eigenvalue weighted by molar-refractivity contribution is 7.89. The second kappa shape index (κ2) is 7.12. The molecule has 0 radical (unpaired) electrons. The summed E-state index contributed by atoms with van der Waals surface area (Å²) in [6, 6.07) is 7.43. The molecule has 2 saturated heterocycles. The summed E-state index contributed by atoms with van der Waals surface area (Å²) >= 11 is 0. The molecular weight excluding hydrogens is 324 g/mol. The first-order chi connectivity index (χ1) is 11.4. The lowest BCUT2D eigenvalue weighted by atomic mass is 9.87. The molecule has 1 aromatic rings. The second-order valence-corrected chi connectivity index (χ2v) is 9.23. The van der Waals surface area contributed by atoms with E-state index in [1.165, 1.54) is 17.1 Å². The largest absolute Gasteiger partial charge is 0.379 e. The highest BCUT2D eigenvalue weighted by atomic mass is 32.2. The quantitative estimate of drug-likeness (QED) is 0.816. The van der Waals surface area contributed by atoms with Crippen molar-refractivity contribution in [2.75, 3.05) is 39.4 Å². The van der Waals surface area contributed by atoms with E-state index in [1.807, 2.05) is 18.2 Å². The molecule has 1 aromatic carbocycles. The lowest BCUT2D eigenvalue weighted by Gasteiger charge is -2.26. The smallest absolute Gasteiger partial charge is 0.243 e. The van der Waals surface area contributed by atoms with Gasteiger partial charge in [-0.25, -0.2) is 8.42 Å². The Balaban J connectivity index is 1.72. The molecule has 3 rings (SSSR count). The lowest BCUT2D eigenvalue weighted by Crippen LogP contribution is -2.40. The van der Waals surface area contributed by atoms with Crippen LogP contribution < -0.4 is 0 Å². The SMILES string of the molecule is CCC1(C)CCN(Cc2cccc(S(=O)(=O)N3CCOCC3)c2)C1. The van der Waals surface area contributed by atoms with Gasteiger partial charge in [0.15, 0.2) is 0 Å². The van der Waals surface area contributed by atoms with Crippen LogP contribution in [0, 0.1) is 5.41 Å². The minimum absolute atomic E-state index is 0.400. The summed E-state index contributed by atoms with van der Waals surface area (Å²) in [5.41, 5.74) is 1.47. The van der Waals surface area contributed by atoms with E-state index in [0.717, 1.165) is 25.2 Å². The first kappa shape index (κ1) is 17.9. The van der Waals surface area contributed by atoms with Crippen molar-refractivity contribution in [1.82, 2.24) is 9.21 Å². The van der Waals surface area contributed by atoms with Crippen LogP contribution in [-0.4, -0.2) is 57.0 Å². The minimum atomic E-state index is -3.41. The zero-order valence-electron chi connectivity index (χ0n) is 14.7. The topological polar surface area (TPSA) is 49.9 Å². The minimum Gasteiger partial charge on any atom is -0.379 e. The molecule has 0 aromatic heterocycles. The van der Waals surface area contributed by atoms with Crippen LogP contribution in [0.15, 0.2) is 29.2 Å². The molecule has 0 N–H and O–H groups in total. The molecule has 6 heteroatoms. The van der Waals surface area contributed by atoms with Gasteiger partial charge in [-0.05, 0) is 42.5 Å². The summed E-state index contributed by atoms with van der Waals surface area (Å²) < 4.78 is 32.4. The summed E-state index contributed by atoms with van der Waals surface area (Å²) in [6.45, 7) is 9.41. The van der Waals surface area contributed by atoms with Gasteiger partial charge in [-0.3, -0.25) is 4.90 Å². The molecular formula is C18H28N2O3S. The van der Waals surface area contributed by atoms with Crippen molar-refractivity contribution in [1.29, 1.82) is 0 Å². The molecule has 2 aliphatic heterocycles. The van der Waals surface area contributed by atoms with Crippen LogP contribution in [0.25, 0.3) is 0 Å². The van der Waals surface area contributed by atoms with Crippen molar-refractivity contribution in [3.8, 4) is 0 Å². The zero-order valence-corrected chi connectivity index (χ0v) is 15.5. The van der Waals surface area contributed by atoms with Gasteiger partial charge in [0.25, 0.3) is 0 Å². The molecule has 0 spiro atoms. The van der Waals surface area contributed by atoms with E-state index in [-0.39, 0.29) is 0 Å². The van der Waals surface area contributed by atoms with Crippen LogP contribution in [0.4, 0.5) is 0 Å². The van der Waals surface area contributed by atoms with E-state index in [4.69, 9.17) is 4.74 Å². The summed E-state index contributed by atoms with van der Waals surface area (Å²) in [5, 5.41) is 0. The van der Waals surface area contributed by atoms with Gasteiger partial charge in [0.2, 0.25) is 10.0 Å². The monoisotopic (exact) mass is 352 g/mol. The van der Waals surface area contributed by atoms with Gasteiger partial charge in [0, 0.05) is 26.2 Å². The molecule has 1 unspecified atom stereocenters. The highest BCUT2D eigenvalue weighted by Crippen LogP contribution is 2.33. The number of ether oxygens (including phenoxy) is 1. The third kappa shape index (κ3) is 3.82. The Kier molecular flexibility index (Phi) is 5.30. The maximum Gasteiger partial charge on any atom is 0.243 e. The van der Waals surface area contributed by atoms with Gasteiger partial charge < -0.3 is 4.74 Å². The Morgan fingerprint density at radius 1 is 1.21 bits per heavy atom. The molecule has 2 aliphatic rings. The summed E-state index contributed by atoms with van der Waals surface area (Å²) in [4.78, 5) is 2.84. The normalized spacial score (nSPS) is 26.8. The number of morpholine rings is 1. The average Bonchev–Trinajstić information content (AvgIpc) is 2.97. The molecule has 0 saturated carbocycles. The van der Waals surface area contributed by atoms with Gasteiger partial charge in [0.1, 0.15) is 0 Å². The Morgan fingerprint density at radius 2 is 1.96 bits per heavy atom. The van der Waals surface area contributed by atoms with E-state index < -0.39 is 10.0 Å². The molecule has 2 fully saturated rings. The molecule has 0 amide bonds. The fourth-order valence-corrected chi connectivity index (χ4v) is 5.03. The Bertz CT molecular complexity index is 671. The van der Waals surface area contributed by atoms with E-state index in [1.54, 1.807) is 6.07 Å². The fourth-order valence-electron chi connectivity index (χ4n) is 3.55. The van der Waals surface area contributed by atoms with E-state index >= 15 is 0 Å². The fraction of sp³-hybridized carbons (Fsp3) is 0.667. The first-order valence-corrected chi connectivity index (χ1v) is 10.3. The zero-order chi connectivity index (χ0) is 17.2. The van der Waals surface area contributed by atoms with Crippen LogP contribution in [-0.2, 0) is 21.3 Å². The van der Waals surface area contributed by atoms with Crippen LogP contribution >= 0.6 is 0 Å². The molecule has 134 valence electrons. The van der Waals surface area contributed by atoms with Crippen molar-refractivity contribution in [3.05, 3.63) is 29.8 Å². The van der Waals surface area contributed by atoms with Gasteiger partial charge in [0.05, 0.1) is 18.1 Å². The number of nitrogens with zero attached hydrogens (tertiary/aromatic N) is 2. The van der Waals surface area contributed by atoms with Crippen LogP contribution in [0.5, 0.6) is 0 Å². The number of hydrogen-bond acceptors (Lipinski definition) is 4. The maximum atomic E-state index is 12.8. The average molecular weight is 353 g/mol. The van der Waals surface area contributed by atoms with Crippen molar-refractivity contribution < 1.29 is 13.2 Å². The number of benzene rings is 1. The predicted molar refractivity (Wildman–Crippen MR) is 94.3 cm³/mol. The van der Waals surface area contributed by atoms with Gasteiger partial charge in [-0.1, -0.05) is 26.0 Å². The predicted octanol–water partition coefficient (Wildman–Crippen LogP) is 2.33. The van der Waals surface area contributed by atoms with Gasteiger partial charge >= 0.3 is 0 Å². The van der Waals surface area contributed by atoms with E-state index in [9.17, 15) is 8.42 Å². The van der Waals surface area contributed by atoms with Crippen molar-refractivity contribution in [3.63, 3.8) is 0 Å². The van der Waals surface area contributed by atoms with Gasteiger partial charge in [-0.15, -0.1) is 0 Å². The molecule has 24 heavy (non-hydrogen) atoms. The molecule has 1 atom stereocenters. The summed E-state index contributed by atoms with van der Waals surface area (Å²) in [7, 11) is -3.41. The van der Waals surface area contributed by atoms with Crippen molar-refractivity contribution in [2.24, 2.45) is 5.41 Å². The standard InChI is InChI=1S/C18H28N2O3S/c1-3-18(2)7-8-19(15-18)14-16-5-4-6-17(13-16)24(21,22)20-9-11-23-12-10-20/h4-6,13H,3,7-12,14-15H2,1-2H3. The van der Waals surface area contributed by atoms with E-state index in [0.29, 0.717) is 36.6 Å². The first-order valence-electron chi connectivity index (χ1n) is 8.82. The van der Waals surface area contributed by atoms with Crippen molar-refractivity contribution in [2.45, 2.75) is 38.1 Å². The summed E-state index contributed by atoms with van der Waals surface area (Å²) in [5.74, 6) is 0. The highest BCUT2D eigenvalue weighted by Gasteiger charge is 2.32. The molecule has 5 nitrogen and oxygen atoms in total. The number of likely N-dealkylation sites (tertiary alicyclic amines) is 1. The van der Waals surface area contributed by atoms with Crippen LogP contribution in [0.2, 0.25) is 0 Å². The number of hydrogen-bond donors (Lipinski definition) is 0. The van der Waals surface area contributed by atoms with E-state index in [2.05, 4.69) is 18.7 Å². The molecule has 2 heterocycles. The summed E-state index contributed by atoms with van der Waals surface area (Å²) in [6.07, 6.45) is 2.41. The number of sulfonamides is 1. The number of rotatable bonds is 5. The molecule has 0 aliphatic carbocycles. The third-order valence-electron chi connectivity index (χ3n) is 5.40. The van der Waals surface area contributed by atoms with Gasteiger partial charge in [-0.2, -0.15) is 4.31 Å². The van der Waals surface area contributed by atoms with Crippen molar-refractivity contribution >= 4 is 10.0 Å². The lowest BCUT2D eigenvalue weighted by molar-refractivity contribution is 0.0730. The second-order valence-electron chi connectivity index (χ2n) is 7.29. The molecule has 0 bridgehead atoms. The maximum absolute atomic E-state index is 12.8. The van der Waals surface area contributed by atoms with Crippen LogP contribution in [0.3, 0.4) is 0 Å². The van der Waals surface area contributed by atoms with Crippen LogP contribution in [0.1, 0.15) is 32.3 Å². The third-order valence-corrected chi connectivity index (χ3v) is 7.30. The Labute approximate surface area is 145 Å². The Morgan fingerprint density at radius 3 is 2.62 bits per heavy atom.